The number of phosphoric acid groups is 1. The van der Waals surface area contributed by atoms with Crippen molar-refractivity contribution >= 4 is 19.8 Å². The molecular formula is C42H77NO8P+. The third-order valence-corrected chi connectivity index (χ3v) is 9.36. The Kier molecular flexibility index (Phi) is 33.4. The van der Waals surface area contributed by atoms with Crippen molar-refractivity contribution in [3.63, 3.8) is 0 Å². The van der Waals surface area contributed by atoms with Crippen LogP contribution in [0.5, 0.6) is 0 Å². The molecule has 52 heavy (non-hydrogen) atoms. The maximum absolute atomic E-state index is 12.6. The Morgan fingerprint density at radius 1 is 0.615 bits per heavy atom. The number of carbonyl (C=O) groups is 2. The number of phosphoric ester groups is 1. The van der Waals surface area contributed by atoms with Gasteiger partial charge in [-0.25, -0.2) is 4.57 Å². The van der Waals surface area contributed by atoms with Gasteiger partial charge in [0, 0.05) is 12.8 Å². The molecule has 2 atom stereocenters. The Morgan fingerprint density at radius 3 is 1.63 bits per heavy atom. The molecule has 0 bridgehead atoms. The largest absolute Gasteiger partial charge is 0.472 e. The van der Waals surface area contributed by atoms with Gasteiger partial charge in [-0.3, -0.25) is 18.6 Å². The molecule has 0 rings (SSSR count). The molecule has 0 aromatic heterocycles. The Bertz CT molecular complexity index is 1030. The summed E-state index contributed by atoms with van der Waals surface area (Å²) in [6.07, 6.45) is 38.7. The first kappa shape index (κ1) is 50.0. The monoisotopic (exact) mass is 755 g/mol. The minimum absolute atomic E-state index is 0.0245. The second-order valence-electron chi connectivity index (χ2n) is 14.6. The minimum Gasteiger partial charge on any atom is -0.462 e. The van der Waals surface area contributed by atoms with E-state index in [4.69, 9.17) is 18.5 Å². The van der Waals surface area contributed by atoms with Crippen LogP contribution in [0.25, 0.3) is 0 Å². The van der Waals surface area contributed by atoms with Crippen molar-refractivity contribution in [2.24, 2.45) is 0 Å². The highest BCUT2D eigenvalue weighted by Crippen LogP contribution is 2.43. The molecule has 0 aliphatic rings. The Labute approximate surface area is 318 Å². The lowest BCUT2D eigenvalue weighted by molar-refractivity contribution is -0.870. The van der Waals surface area contributed by atoms with Gasteiger partial charge in [-0.05, 0) is 51.4 Å². The summed E-state index contributed by atoms with van der Waals surface area (Å²) in [7, 11) is 1.45. The maximum Gasteiger partial charge on any atom is 0.472 e. The Morgan fingerprint density at radius 2 is 1.10 bits per heavy atom. The quantitative estimate of drug-likeness (QED) is 0.0221. The van der Waals surface area contributed by atoms with Gasteiger partial charge in [-0.2, -0.15) is 0 Å². The predicted octanol–water partition coefficient (Wildman–Crippen LogP) is 11.1. The summed E-state index contributed by atoms with van der Waals surface area (Å²) in [5, 5.41) is 0. The molecule has 0 heterocycles. The summed E-state index contributed by atoms with van der Waals surface area (Å²) < 4.78 is 34.2. The fraction of sp³-hybridized carbons (Fsp3) is 0.762. The van der Waals surface area contributed by atoms with E-state index in [-0.39, 0.29) is 26.1 Å². The molecule has 0 amide bonds. The van der Waals surface area contributed by atoms with Crippen LogP contribution in [0.2, 0.25) is 0 Å². The van der Waals surface area contributed by atoms with Crippen LogP contribution >= 0.6 is 7.82 Å². The zero-order chi connectivity index (χ0) is 38.6. The molecule has 0 saturated heterocycles. The van der Waals surface area contributed by atoms with Crippen molar-refractivity contribution in [1.29, 1.82) is 0 Å². The topological polar surface area (TPSA) is 108 Å². The molecule has 302 valence electrons. The van der Waals surface area contributed by atoms with Gasteiger partial charge in [0.25, 0.3) is 0 Å². The van der Waals surface area contributed by atoms with Crippen molar-refractivity contribution in [3.8, 4) is 0 Å². The van der Waals surface area contributed by atoms with Crippen LogP contribution in [0.1, 0.15) is 155 Å². The molecule has 9 nitrogen and oxygen atoms in total. The minimum atomic E-state index is -4.38. The molecule has 1 unspecified atom stereocenters. The average Bonchev–Trinajstić information content (AvgIpc) is 3.09. The molecule has 0 aromatic rings. The van der Waals surface area contributed by atoms with E-state index in [1.165, 1.54) is 64.2 Å². The summed E-state index contributed by atoms with van der Waals surface area (Å²) in [5.41, 5.74) is 0. The zero-order valence-corrected chi connectivity index (χ0v) is 34.7. The first-order valence-electron chi connectivity index (χ1n) is 20.4. The maximum atomic E-state index is 12.6. The Balaban J connectivity index is 4.48. The van der Waals surface area contributed by atoms with E-state index >= 15 is 0 Å². The fourth-order valence-corrected chi connectivity index (χ4v) is 5.92. The molecule has 0 saturated carbocycles. The van der Waals surface area contributed by atoms with E-state index in [0.717, 1.165) is 51.4 Å². The molecule has 0 aliphatic heterocycles. The van der Waals surface area contributed by atoms with Crippen molar-refractivity contribution < 1.29 is 42.1 Å². The van der Waals surface area contributed by atoms with Crippen LogP contribution in [0.15, 0.2) is 48.6 Å². The molecule has 0 spiro atoms. The number of unbranched alkanes of at least 4 members (excludes halogenated alkanes) is 14. The molecule has 1 N–H and O–H groups in total. The number of ether oxygens (including phenoxy) is 2. The summed E-state index contributed by atoms with van der Waals surface area (Å²) in [6.45, 7) is 4.24. The number of hydrogen-bond donors (Lipinski definition) is 1. The third kappa shape index (κ3) is 37.7. The first-order valence-corrected chi connectivity index (χ1v) is 21.9. The van der Waals surface area contributed by atoms with Gasteiger partial charge < -0.3 is 18.9 Å². The number of quaternary nitrogens is 1. The van der Waals surface area contributed by atoms with Crippen molar-refractivity contribution in [2.75, 3.05) is 47.5 Å². The summed E-state index contributed by atoms with van der Waals surface area (Å²) >= 11 is 0. The molecule has 0 aliphatic carbocycles. The second kappa shape index (κ2) is 34.7. The highest BCUT2D eigenvalue weighted by molar-refractivity contribution is 7.47. The number of hydrogen-bond acceptors (Lipinski definition) is 7. The van der Waals surface area contributed by atoms with E-state index in [2.05, 4.69) is 62.5 Å². The number of esters is 2. The van der Waals surface area contributed by atoms with Gasteiger partial charge in [-0.15, -0.1) is 0 Å². The lowest BCUT2D eigenvalue weighted by Crippen LogP contribution is -2.37. The van der Waals surface area contributed by atoms with Crippen molar-refractivity contribution in [1.82, 2.24) is 0 Å². The van der Waals surface area contributed by atoms with Crippen molar-refractivity contribution in [2.45, 2.75) is 161 Å². The van der Waals surface area contributed by atoms with Gasteiger partial charge in [0.05, 0.1) is 27.7 Å². The van der Waals surface area contributed by atoms with E-state index in [9.17, 15) is 19.0 Å². The van der Waals surface area contributed by atoms with Crippen LogP contribution in [-0.4, -0.2) is 74.9 Å². The SMILES string of the molecule is CC/C=C\C/C=C\C/C=C\C/C=C\CCCCC(=O)OC[C@H](COP(=O)(O)OCC[N+](C)(C)C)OC(=O)CCCCCCCCCCCCCCC. The number of carbonyl (C=O) groups excluding carboxylic acids is 2. The smallest absolute Gasteiger partial charge is 0.462 e. The van der Waals surface area contributed by atoms with Crippen LogP contribution in [0.4, 0.5) is 0 Å². The lowest BCUT2D eigenvalue weighted by atomic mass is 10.0. The molecule has 0 aromatic carbocycles. The number of likely N-dealkylation sites (N-methyl/N-ethyl adjacent to an activating group) is 1. The average molecular weight is 755 g/mol. The van der Waals surface area contributed by atoms with Gasteiger partial charge in [0.15, 0.2) is 6.10 Å². The van der Waals surface area contributed by atoms with E-state index in [1.54, 1.807) is 0 Å². The van der Waals surface area contributed by atoms with Crippen LogP contribution in [0, 0.1) is 0 Å². The van der Waals surface area contributed by atoms with E-state index in [1.807, 2.05) is 21.1 Å². The normalized spacial score (nSPS) is 14.2. The fourth-order valence-electron chi connectivity index (χ4n) is 5.18. The first-order chi connectivity index (χ1) is 25.0. The van der Waals surface area contributed by atoms with Gasteiger partial charge in [0.2, 0.25) is 0 Å². The van der Waals surface area contributed by atoms with E-state index < -0.39 is 32.5 Å². The summed E-state index contributed by atoms with van der Waals surface area (Å²) in [6, 6.07) is 0. The lowest BCUT2D eigenvalue weighted by Gasteiger charge is -2.24. The highest BCUT2D eigenvalue weighted by Gasteiger charge is 2.27. The second-order valence-corrected chi connectivity index (χ2v) is 16.1. The number of nitrogens with zero attached hydrogens (tertiary/aromatic N) is 1. The highest BCUT2D eigenvalue weighted by atomic mass is 31.2. The number of allylic oxidation sites excluding steroid dienone is 8. The molecule has 10 heteroatoms. The van der Waals surface area contributed by atoms with Gasteiger partial charge in [-0.1, -0.05) is 140 Å². The predicted molar refractivity (Wildman–Crippen MR) is 215 cm³/mol. The van der Waals surface area contributed by atoms with Crippen LogP contribution in [0.3, 0.4) is 0 Å². The summed E-state index contributed by atoms with van der Waals surface area (Å²) in [4.78, 5) is 35.2. The zero-order valence-electron chi connectivity index (χ0n) is 33.8. The molecular weight excluding hydrogens is 677 g/mol. The number of rotatable bonds is 36. The van der Waals surface area contributed by atoms with Gasteiger partial charge >= 0.3 is 19.8 Å². The van der Waals surface area contributed by atoms with E-state index in [0.29, 0.717) is 23.9 Å². The standard InChI is InChI=1S/C42H76NO8P/c1-6-8-10-12-14-16-18-20-21-23-24-26-28-30-32-34-41(44)48-38-40(39-50-52(46,47)49-37-36-43(3,4)5)51-42(45)35-33-31-29-27-25-22-19-17-15-13-11-9-7-2/h8,10,14,16,20-21,24,26,40H,6-7,9,11-13,15,17-19,22-23,25,27-39H2,1-5H3/p+1/b10-8-,16-14-,21-20-,26-24-/t40-/m1/s1. The van der Waals surface area contributed by atoms with Gasteiger partial charge in [0.1, 0.15) is 19.8 Å². The van der Waals surface area contributed by atoms with Crippen molar-refractivity contribution in [3.05, 3.63) is 48.6 Å². The Hall–Kier alpha value is -2.03. The summed E-state index contributed by atoms with van der Waals surface area (Å²) in [5.74, 6) is -0.849. The van der Waals surface area contributed by atoms with Crippen LogP contribution in [-0.2, 0) is 32.7 Å². The third-order valence-electron chi connectivity index (χ3n) is 8.37. The van der Waals surface area contributed by atoms with Crippen LogP contribution < -0.4 is 0 Å². The molecule has 0 radical (unpaired) electrons. The molecule has 0 fully saturated rings.